The van der Waals surface area contributed by atoms with E-state index >= 15 is 0 Å². The summed E-state index contributed by atoms with van der Waals surface area (Å²) in [4.78, 5) is 4.46. The molecule has 0 spiro atoms. The van der Waals surface area contributed by atoms with Crippen molar-refractivity contribution >= 4 is 23.2 Å². The third-order valence-corrected chi connectivity index (χ3v) is 3.24. The summed E-state index contributed by atoms with van der Waals surface area (Å²) >= 11 is 11.7. The zero-order valence-electron chi connectivity index (χ0n) is 9.81. The van der Waals surface area contributed by atoms with E-state index in [0.29, 0.717) is 15.9 Å². The van der Waals surface area contributed by atoms with Crippen LogP contribution in [0.4, 0.5) is 0 Å². The lowest BCUT2D eigenvalue weighted by molar-refractivity contribution is 0.575. The van der Waals surface area contributed by atoms with Crippen LogP contribution >= 0.6 is 23.2 Å². The van der Waals surface area contributed by atoms with Gasteiger partial charge < -0.3 is 4.42 Å². The van der Waals surface area contributed by atoms with Crippen molar-refractivity contribution in [3.63, 3.8) is 0 Å². The molecule has 0 saturated carbocycles. The van der Waals surface area contributed by atoms with Gasteiger partial charge in [0, 0.05) is 21.2 Å². The predicted octanol–water partition coefficient (Wildman–Crippen LogP) is 5.32. The second kappa shape index (κ2) is 5.08. The molecule has 3 aromatic rings. The van der Waals surface area contributed by atoms with Gasteiger partial charge in [0.15, 0.2) is 0 Å². The highest BCUT2D eigenvalue weighted by Crippen LogP contribution is 2.26. The monoisotopic (exact) mass is 289 g/mol. The highest BCUT2D eigenvalue weighted by molar-refractivity contribution is 6.30. The molecule has 0 atom stereocenters. The number of oxazole rings is 1. The summed E-state index contributed by atoms with van der Waals surface area (Å²) in [7, 11) is 0. The van der Waals surface area contributed by atoms with Crippen molar-refractivity contribution in [1.29, 1.82) is 0 Å². The number of hydrogen-bond donors (Lipinski definition) is 0. The van der Waals surface area contributed by atoms with Crippen molar-refractivity contribution in [2.45, 2.75) is 0 Å². The van der Waals surface area contributed by atoms with Crippen LogP contribution in [0.5, 0.6) is 0 Å². The van der Waals surface area contributed by atoms with Crippen molar-refractivity contribution in [2.24, 2.45) is 0 Å². The van der Waals surface area contributed by atoms with E-state index in [1.165, 1.54) is 0 Å². The molecule has 4 heteroatoms. The van der Waals surface area contributed by atoms with E-state index < -0.39 is 0 Å². The molecule has 2 aromatic carbocycles. The minimum absolute atomic E-state index is 0.571. The lowest BCUT2D eigenvalue weighted by atomic mass is 10.2. The number of nitrogens with zero attached hydrogens (tertiary/aromatic N) is 1. The molecule has 0 radical (unpaired) electrons. The van der Waals surface area contributed by atoms with Gasteiger partial charge in [0.2, 0.25) is 5.89 Å². The lowest BCUT2D eigenvalue weighted by Gasteiger charge is -1.96. The third kappa shape index (κ3) is 2.65. The lowest BCUT2D eigenvalue weighted by Crippen LogP contribution is -1.79. The van der Waals surface area contributed by atoms with Gasteiger partial charge in [0.25, 0.3) is 0 Å². The Bertz CT molecular complexity index is 627. The summed E-state index contributed by atoms with van der Waals surface area (Å²) in [6, 6.07) is 14.8. The molecule has 94 valence electrons. The Labute approximate surface area is 120 Å². The van der Waals surface area contributed by atoms with E-state index in [2.05, 4.69) is 4.98 Å². The fourth-order valence-electron chi connectivity index (χ4n) is 1.75. The van der Waals surface area contributed by atoms with Crippen LogP contribution in [-0.4, -0.2) is 4.98 Å². The number of hydrogen-bond acceptors (Lipinski definition) is 2. The minimum atomic E-state index is 0.571. The molecule has 1 aromatic heterocycles. The molecule has 3 rings (SSSR count). The van der Waals surface area contributed by atoms with Gasteiger partial charge in [0.05, 0.1) is 0 Å². The summed E-state index contributed by atoms with van der Waals surface area (Å²) in [6.07, 6.45) is 1.63. The van der Waals surface area contributed by atoms with Crippen LogP contribution in [0.1, 0.15) is 0 Å². The van der Waals surface area contributed by atoms with E-state index in [-0.39, 0.29) is 0 Å². The maximum absolute atomic E-state index is 5.86. The quantitative estimate of drug-likeness (QED) is 0.638. The number of aromatic nitrogens is 1. The molecule has 19 heavy (non-hydrogen) atoms. The molecule has 1 heterocycles. The van der Waals surface area contributed by atoms with Crippen LogP contribution in [-0.2, 0) is 0 Å². The van der Waals surface area contributed by atoms with Gasteiger partial charge in [-0.1, -0.05) is 35.3 Å². The number of rotatable bonds is 2. The van der Waals surface area contributed by atoms with Gasteiger partial charge in [0.1, 0.15) is 12.0 Å². The van der Waals surface area contributed by atoms with Crippen molar-refractivity contribution in [3.05, 3.63) is 64.8 Å². The second-order valence-electron chi connectivity index (χ2n) is 4.05. The Kier molecular flexibility index (Phi) is 3.28. The summed E-state index contributed by atoms with van der Waals surface area (Å²) in [5.41, 5.74) is 2.64. The molecule has 0 aliphatic rings. The maximum atomic E-state index is 5.86. The van der Waals surface area contributed by atoms with E-state index in [1.54, 1.807) is 6.26 Å². The third-order valence-electron chi connectivity index (χ3n) is 2.74. The zero-order chi connectivity index (χ0) is 13.2. The summed E-state index contributed by atoms with van der Waals surface area (Å²) in [5, 5.41) is 1.39. The highest BCUT2D eigenvalue weighted by Gasteiger charge is 2.08. The SMILES string of the molecule is Clc1ccc(-c2coc(-c3ccc(Cl)cc3)n2)cc1. The topological polar surface area (TPSA) is 26.0 Å². The Hall–Kier alpha value is -1.77. The summed E-state index contributed by atoms with van der Waals surface area (Å²) in [5.74, 6) is 0.571. The molecule has 0 fully saturated rings. The normalized spacial score (nSPS) is 10.6. The number of benzene rings is 2. The average molecular weight is 290 g/mol. The maximum Gasteiger partial charge on any atom is 0.226 e. The summed E-state index contributed by atoms with van der Waals surface area (Å²) in [6.45, 7) is 0. The molecule has 0 N–H and O–H groups in total. The van der Waals surface area contributed by atoms with Crippen molar-refractivity contribution in [2.75, 3.05) is 0 Å². The molecule has 2 nitrogen and oxygen atoms in total. The molecule has 0 unspecified atom stereocenters. The van der Waals surface area contributed by atoms with Gasteiger partial charge in [-0.05, 0) is 36.4 Å². The Morgan fingerprint density at radius 1 is 0.737 bits per heavy atom. The summed E-state index contributed by atoms with van der Waals surface area (Å²) < 4.78 is 5.49. The Morgan fingerprint density at radius 3 is 1.84 bits per heavy atom. The fourth-order valence-corrected chi connectivity index (χ4v) is 2.00. The van der Waals surface area contributed by atoms with Crippen molar-refractivity contribution in [3.8, 4) is 22.7 Å². The van der Waals surface area contributed by atoms with Crippen LogP contribution in [0, 0.1) is 0 Å². The first-order valence-electron chi connectivity index (χ1n) is 5.70. The van der Waals surface area contributed by atoms with Gasteiger partial charge in [-0.25, -0.2) is 4.98 Å². The molecule has 0 aliphatic heterocycles. The van der Waals surface area contributed by atoms with Gasteiger partial charge in [-0.3, -0.25) is 0 Å². The zero-order valence-corrected chi connectivity index (χ0v) is 11.3. The number of halogens is 2. The van der Waals surface area contributed by atoms with Crippen molar-refractivity contribution < 1.29 is 4.42 Å². The molecular formula is C15H9Cl2NO. The first-order valence-corrected chi connectivity index (χ1v) is 6.45. The minimum Gasteiger partial charge on any atom is -0.444 e. The van der Waals surface area contributed by atoms with Crippen molar-refractivity contribution in [1.82, 2.24) is 4.98 Å². The van der Waals surface area contributed by atoms with E-state index in [1.807, 2.05) is 48.5 Å². The Balaban J connectivity index is 1.95. The first-order chi connectivity index (χ1) is 9.22. The fraction of sp³-hybridized carbons (Fsp3) is 0. The molecule has 0 amide bonds. The molecule has 0 aliphatic carbocycles. The Morgan fingerprint density at radius 2 is 1.26 bits per heavy atom. The van der Waals surface area contributed by atoms with Crippen LogP contribution in [0.25, 0.3) is 22.7 Å². The standard InChI is InChI=1S/C15H9Cl2NO/c16-12-5-1-10(2-6-12)14-9-19-15(18-14)11-3-7-13(17)8-4-11/h1-9H. The molecular weight excluding hydrogens is 281 g/mol. The van der Waals surface area contributed by atoms with Crippen LogP contribution in [0.15, 0.2) is 59.2 Å². The van der Waals surface area contributed by atoms with Gasteiger partial charge >= 0.3 is 0 Å². The van der Waals surface area contributed by atoms with Gasteiger partial charge in [-0.15, -0.1) is 0 Å². The van der Waals surface area contributed by atoms with E-state index in [4.69, 9.17) is 27.6 Å². The first kappa shape index (κ1) is 12.3. The second-order valence-corrected chi connectivity index (χ2v) is 4.92. The predicted molar refractivity (Wildman–Crippen MR) is 77.4 cm³/mol. The average Bonchev–Trinajstić information content (AvgIpc) is 2.90. The van der Waals surface area contributed by atoms with Crippen LogP contribution in [0.3, 0.4) is 0 Å². The largest absolute Gasteiger partial charge is 0.444 e. The van der Waals surface area contributed by atoms with E-state index in [9.17, 15) is 0 Å². The highest BCUT2D eigenvalue weighted by atomic mass is 35.5. The van der Waals surface area contributed by atoms with Crippen LogP contribution < -0.4 is 0 Å². The molecule has 0 saturated heterocycles. The van der Waals surface area contributed by atoms with E-state index in [0.717, 1.165) is 16.8 Å². The molecule has 0 bridgehead atoms. The van der Waals surface area contributed by atoms with Gasteiger partial charge in [-0.2, -0.15) is 0 Å². The van der Waals surface area contributed by atoms with Crippen LogP contribution in [0.2, 0.25) is 10.0 Å². The smallest absolute Gasteiger partial charge is 0.226 e.